The minimum absolute atomic E-state index is 0.327. The molecule has 62 valence electrons. The fourth-order valence-electron chi connectivity index (χ4n) is 0.804. The Labute approximate surface area is 75.9 Å². The van der Waals surface area contributed by atoms with Gasteiger partial charge in [-0.15, -0.1) is 10.2 Å². The SMILES string of the molecule is Cc1ncoc1-c1nnc(Br)o1. The molecule has 6 heteroatoms. The predicted molar refractivity (Wildman–Crippen MR) is 42.2 cm³/mol. The first-order valence-electron chi connectivity index (χ1n) is 3.17. The van der Waals surface area contributed by atoms with Crippen LogP contribution < -0.4 is 0 Å². The number of nitrogens with zero attached hydrogens (tertiary/aromatic N) is 3. The molecule has 0 amide bonds. The van der Waals surface area contributed by atoms with Crippen molar-refractivity contribution in [3.05, 3.63) is 16.9 Å². The van der Waals surface area contributed by atoms with Gasteiger partial charge in [0, 0.05) is 15.9 Å². The van der Waals surface area contributed by atoms with Crippen molar-refractivity contribution >= 4 is 15.9 Å². The van der Waals surface area contributed by atoms with Crippen molar-refractivity contribution in [3.63, 3.8) is 0 Å². The highest BCUT2D eigenvalue weighted by molar-refractivity contribution is 9.10. The third kappa shape index (κ3) is 1.14. The predicted octanol–water partition coefficient (Wildman–Crippen LogP) is 1.80. The summed E-state index contributed by atoms with van der Waals surface area (Å²) in [5, 5.41) is 7.35. The summed E-state index contributed by atoms with van der Waals surface area (Å²) in [5.41, 5.74) is 0.728. The van der Waals surface area contributed by atoms with Crippen molar-refractivity contribution < 1.29 is 8.83 Å². The molecule has 0 unspecified atom stereocenters. The van der Waals surface area contributed by atoms with Crippen molar-refractivity contribution in [3.8, 4) is 11.7 Å². The summed E-state index contributed by atoms with van der Waals surface area (Å²) < 4.78 is 10.1. The highest BCUT2D eigenvalue weighted by Crippen LogP contribution is 2.22. The fourth-order valence-corrected chi connectivity index (χ4v) is 1.04. The molecule has 0 radical (unpaired) electrons. The lowest BCUT2D eigenvalue weighted by molar-refractivity contribution is 0.498. The maximum Gasteiger partial charge on any atom is 0.286 e. The molecule has 12 heavy (non-hydrogen) atoms. The van der Waals surface area contributed by atoms with E-state index in [1.54, 1.807) is 6.92 Å². The third-order valence-electron chi connectivity index (χ3n) is 1.34. The maximum absolute atomic E-state index is 5.07. The molecule has 2 rings (SSSR count). The summed E-state index contributed by atoms with van der Waals surface area (Å²) in [7, 11) is 0. The normalized spacial score (nSPS) is 10.5. The molecule has 2 aromatic heterocycles. The summed E-state index contributed by atoms with van der Waals surface area (Å²) >= 11 is 3.04. The molecule has 0 saturated heterocycles. The van der Waals surface area contributed by atoms with Crippen LogP contribution in [0, 0.1) is 6.92 Å². The fraction of sp³-hybridized carbons (Fsp3) is 0.167. The molecule has 0 aliphatic carbocycles. The van der Waals surface area contributed by atoms with E-state index in [4.69, 9.17) is 8.83 Å². The van der Waals surface area contributed by atoms with Gasteiger partial charge in [0.1, 0.15) is 0 Å². The molecule has 2 aromatic rings. The van der Waals surface area contributed by atoms with E-state index >= 15 is 0 Å². The van der Waals surface area contributed by atoms with Crippen LogP contribution in [0.25, 0.3) is 11.7 Å². The van der Waals surface area contributed by atoms with Gasteiger partial charge in [-0.1, -0.05) is 0 Å². The number of rotatable bonds is 1. The summed E-state index contributed by atoms with van der Waals surface area (Å²) in [6, 6.07) is 0. The standard InChI is InChI=1S/C6H4BrN3O2/c1-3-4(11-2-8-3)5-9-10-6(7)12-5/h2H,1H3. The van der Waals surface area contributed by atoms with Gasteiger partial charge >= 0.3 is 0 Å². The molecule has 0 aromatic carbocycles. The molecular formula is C6H4BrN3O2. The van der Waals surface area contributed by atoms with Crippen molar-refractivity contribution in [2.75, 3.05) is 0 Å². The molecule has 0 bridgehead atoms. The largest absolute Gasteiger partial charge is 0.438 e. The highest BCUT2D eigenvalue weighted by Gasteiger charge is 2.13. The average molecular weight is 230 g/mol. The molecule has 5 nitrogen and oxygen atoms in total. The number of oxazole rings is 1. The number of aryl methyl sites for hydroxylation is 1. The second kappa shape index (κ2) is 2.71. The van der Waals surface area contributed by atoms with Crippen LogP contribution in [0.4, 0.5) is 0 Å². The zero-order valence-electron chi connectivity index (χ0n) is 6.11. The number of hydrogen-bond donors (Lipinski definition) is 0. The van der Waals surface area contributed by atoms with Gasteiger partial charge in [-0.25, -0.2) is 4.98 Å². The van der Waals surface area contributed by atoms with E-state index in [2.05, 4.69) is 31.1 Å². The van der Waals surface area contributed by atoms with Gasteiger partial charge in [0.2, 0.25) is 5.76 Å². The minimum atomic E-state index is 0.327. The van der Waals surface area contributed by atoms with E-state index in [1.165, 1.54) is 6.39 Å². The van der Waals surface area contributed by atoms with Crippen molar-refractivity contribution in [1.82, 2.24) is 15.2 Å². The monoisotopic (exact) mass is 229 g/mol. The maximum atomic E-state index is 5.07. The highest BCUT2D eigenvalue weighted by atomic mass is 79.9. The molecule has 2 heterocycles. The second-order valence-electron chi connectivity index (χ2n) is 2.13. The summed E-state index contributed by atoms with van der Waals surface area (Å²) in [5.74, 6) is 0.838. The van der Waals surface area contributed by atoms with Gasteiger partial charge in [-0.3, -0.25) is 0 Å². The van der Waals surface area contributed by atoms with Gasteiger partial charge in [-0.2, -0.15) is 0 Å². The number of aromatic nitrogens is 3. The Hall–Kier alpha value is -1.17. The Morgan fingerprint density at radius 2 is 2.25 bits per heavy atom. The third-order valence-corrected chi connectivity index (χ3v) is 1.66. The van der Waals surface area contributed by atoms with E-state index in [-0.39, 0.29) is 0 Å². The van der Waals surface area contributed by atoms with E-state index in [9.17, 15) is 0 Å². The van der Waals surface area contributed by atoms with Crippen LogP contribution in [0.3, 0.4) is 0 Å². The van der Waals surface area contributed by atoms with Gasteiger partial charge in [0.05, 0.1) is 5.69 Å². The quantitative estimate of drug-likeness (QED) is 0.747. The zero-order chi connectivity index (χ0) is 8.55. The van der Waals surface area contributed by atoms with E-state index in [0.29, 0.717) is 16.5 Å². The lowest BCUT2D eigenvalue weighted by Crippen LogP contribution is -1.78. The molecule has 0 atom stereocenters. The number of hydrogen-bond acceptors (Lipinski definition) is 5. The van der Waals surface area contributed by atoms with Crippen LogP contribution in [0.15, 0.2) is 20.0 Å². The van der Waals surface area contributed by atoms with E-state index in [0.717, 1.165) is 5.69 Å². The summed E-state index contributed by atoms with van der Waals surface area (Å²) in [6.07, 6.45) is 1.34. The molecule has 0 aliphatic rings. The Morgan fingerprint density at radius 1 is 1.42 bits per heavy atom. The first-order chi connectivity index (χ1) is 5.77. The molecule has 0 saturated carbocycles. The van der Waals surface area contributed by atoms with Crippen LogP contribution >= 0.6 is 15.9 Å². The van der Waals surface area contributed by atoms with E-state index < -0.39 is 0 Å². The van der Waals surface area contributed by atoms with Crippen LogP contribution in [0.5, 0.6) is 0 Å². The lowest BCUT2D eigenvalue weighted by atomic mass is 10.4. The van der Waals surface area contributed by atoms with Crippen molar-refractivity contribution in [2.24, 2.45) is 0 Å². The Bertz CT molecular complexity index is 395. The van der Waals surface area contributed by atoms with Gasteiger partial charge in [0.15, 0.2) is 6.39 Å². The van der Waals surface area contributed by atoms with Crippen LogP contribution in [0.2, 0.25) is 0 Å². The smallest absolute Gasteiger partial charge is 0.286 e. The Kier molecular flexibility index (Phi) is 1.69. The minimum Gasteiger partial charge on any atom is -0.438 e. The van der Waals surface area contributed by atoms with E-state index in [1.807, 2.05) is 0 Å². The van der Waals surface area contributed by atoms with Crippen molar-refractivity contribution in [1.29, 1.82) is 0 Å². The average Bonchev–Trinajstić information content (AvgIpc) is 2.58. The van der Waals surface area contributed by atoms with Gasteiger partial charge in [0.25, 0.3) is 10.7 Å². The Balaban J connectivity index is 2.50. The van der Waals surface area contributed by atoms with Gasteiger partial charge in [-0.05, 0) is 6.92 Å². The van der Waals surface area contributed by atoms with Crippen LogP contribution in [-0.2, 0) is 0 Å². The molecular weight excluding hydrogens is 226 g/mol. The molecule has 0 fully saturated rings. The van der Waals surface area contributed by atoms with Crippen LogP contribution in [0.1, 0.15) is 5.69 Å². The molecule has 0 N–H and O–H groups in total. The summed E-state index contributed by atoms with van der Waals surface area (Å²) in [6.45, 7) is 1.80. The molecule has 0 spiro atoms. The second-order valence-corrected chi connectivity index (χ2v) is 2.81. The van der Waals surface area contributed by atoms with Crippen LogP contribution in [-0.4, -0.2) is 15.2 Å². The lowest BCUT2D eigenvalue weighted by Gasteiger charge is -1.85. The van der Waals surface area contributed by atoms with Crippen molar-refractivity contribution in [2.45, 2.75) is 6.92 Å². The number of halogens is 1. The molecule has 0 aliphatic heterocycles. The van der Waals surface area contributed by atoms with Gasteiger partial charge < -0.3 is 8.83 Å². The first-order valence-corrected chi connectivity index (χ1v) is 3.96. The zero-order valence-corrected chi connectivity index (χ0v) is 7.70. The summed E-state index contributed by atoms with van der Waals surface area (Å²) in [4.78, 5) is 4.22. The first kappa shape index (κ1) is 7.48. The Morgan fingerprint density at radius 3 is 2.75 bits per heavy atom. The topological polar surface area (TPSA) is 65.0 Å².